The Bertz CT molecular complexity index is 1320. The third-order valence-corrected chi connectivity index (χ3v) is 7.00. The summed E-state index contributed by atoms with van der Waals surface area (Å²) >= 11 is 7.86. The molecule has 30 heavy (non-hydrogen) atoms. The molecule has 0 N–H and O–H groups in total. The van der Waals surface area contributed by atoms with Gasteiger partial charge in [-0.1, -0.05) is 35.1 Å². The van der Waals surface area contributed by atoms with E-state index in [9.17, 15) is 9.59 Å². The zero-order valence-corrected chi connectivity index (χ0v) is 17.9. The van der Waals surface area contributed by atoms with Crippen LogP contribution in [0.4, 0.5) is 5.13 Å². The number of amides is 1. The summed E-state index contributed by atoms with van der Waals surface area (Å²) in [6.07, 6.45) is 0. The highest BCUT2D eigenvalue weighted by Gasteiger charge is 2.24. The Hall–Kier alpha value is -2.84. The smallest absolute Gasteiger partial charge is 0.408 e. The number of carbonyl (C=O) groups excluding carboxylic acids is 1. The minimum atomic E-state index is -0.508. The highest BCUT2D eigenvalue weighted by molar-refractivity contribution is 7.22. The van der Waals surface area contributed by atoms with E-state index in [4.69, 9.17) is 21.0 Å². The van der Waals surface area contributed by atoms with Gasteiger partial charge in [0.05, 0.1) is 15.7 Å². The van der Waals surface area contributed by atoms with Crippen LogP contribution in [0.5, 0.6) is 0 Å². The largest absolute Gasteiger partial charge is 0.420 e. The predicted octanol–water partition coefficient (Wildman–Crippen LogP) is 3.51. The molecule has 1 aliphatic heterocycles. The number of halogens is 1. The molecule has 1 fully saturated rings. The molecule has 2 aromatic heterocycles. The number of benzene rings is 2. The van der Waals surface area contributed by atoms with E-state index in [1.54, 1.807) is 34.4 Å². The van der Waals surface area contributed by atoms with E-state index >= 15 is 0 Å². The maximum absolute atomic E-state index is 12.8. The van der Waals surface area contributed by atoms with Gasteiger partial charge < -0.3 is 14.2 Å². The number of nitrogens with zero attached hydrogens (tertiary/aromatic N) is 4. The van der Waals surface area contributed by atoms with Crippen LogP contribution in [0.2, 0.25) is 5.02 Å². The van der Waals surface area contributed by atoms with Crippen molar-refractivity contribution in [1.29, 1.82) is 0 Å². The SMILES string of the molecule is Cc1c(Cl)ccc2sc(N3CCN(C(=O)Cn4c(=O)oc5ccccc54)CC3)nc12. The Balaban J connectivity index is 1.29. The summed E-state index contributed by atoms with van der Waals surface area (Å²) in [6.45, 7) is 4.51. The molecule has 1 amide bonds. The highest BCUT2D eigenvalue weighted by atomic mass is 35.5. The fraction of sp³-hybridized carbons (Fsp3) is 0.286. The van der Waals surface area contributed by atoms with E-state index in [0.29, 0.717) is 37.3 Å². The third kappa shape index (κ3) is 3.26. The van der Waals surface area contributed by atoms with E-state index < -0.39 is 5.76 Å². The van der Waals surface area contributed by atoms with E-state index in [-0.39, 0.29) is 12.5 Å². The molecule has 0 atom stereocenters. The van der Waals surface area contributed by atoms with E-state index in [2.05, 4.69) is 4.90 Å². The van der Waals surface area contributed by atoms with Gasteiger partial charge in [-0.3, -0.25) is 9.36 Å². The molecule has 0 unspecified atom stereocenters. The van der Waals surface area contributed by atoms with Crippen molar-refractivity contribution >= 4 is 55.3 Å². The number of fused-ring (bicyclic) bond motifs is 2. The summed E-state index contributed by atoms with van der Waals surface area (Å²) in [5.74, 6) is -0.595. The van der Waals surface area contributed by atoms with Crippen LogP contribution in [0.1, 0.15) is 5.56 Å². The van der Waals surface area contributed by atoms with Gasteiger partial charge in [0.15, 0.2) is 10.7 Å². The molecule has 4 aromatic rings. The minimum absolute atomic E-state index is 0.0192. The molecule has 154 valence electrons. The predicted molar refractivity (Wildman–Crippen MR) is 119 cm³/mol. The summed E-state index contributed by atoms with van der Waals surface area (Å²) < 4.78 is 7.72. The van der Waals surface area contributed by atoms with Gasteiger partial charge in [-0.2, -0.15) is 0 Å². The zero-order valence-electron chi connectivity index (χ0n) is 16.3. The second-order valence-electron chi connectivity index (χ2n) is 7.31. The first-order chi connectivity index (χ1) is 14.5. The first-order valence-electron chi connectivity index (χ1n) is 9.68. The van der Waals surface area contributed by atoms with Gasteiger partial charge in [0.25, 0.3) is 0 Å². The summed E-state index contributed by atoms with van der Waals surface area (Å²) in [5.41, 5.74) is 3.06. The number of hydrogen-bond acceptors (Lipinski definition) is 6. The van der Waals surface area contributed by atoms with Gasteiger partial charge >= 0.3 is 5.76 Å². The van der Waals surface area contributed by atoms with Crippen molar-refractivity contribution in [1.82, 2.24) is 14.5 Å². The zero-order chi connectivity index (χ0) is 20.8. The van der Waals surface area contributed by atoms with Crippen LogP contribution in [0.15, 0.2) is 45.6 Å². The van der Waals surface area contributed by atoms with Crippen molar-refractivity contribution in [2.24, 2.45) is 0 Å². The molecular formula is C21H19ClN4O3S. The van der Waals surface area contributed by atoms with E-state index in [1.165, 1.54) is 4.57 Å². The Labute approximate surface area is 181 Å². The molecule has 3 heterocycles. The van der Waals surface area contributed by atoms with Crippen LogP contribution in [0.25, 0.3) is 21.3 Å². The van der Waals surface area contributed by atoms with Crippen LogP contribution in [-0.2, 0) is 11.3 Å². The lowest BCUT2D eigenvalue weighted by Gasteiger charge is -2.34. The molecule has 0 radical (unpaired) electrons. The van der Waals surface area contributed by atoms with Gasteiger partial charge in [-0.05, 0) is 36.8 Å². The average molecular weight is 443 g/mol. The number of carbonyl (C=O) groups is 1. The summed E-state index contributed by atoms with van der Waals surface area (Å²) in [5, 5.41) is 1.66. The van der Waals surface area contributed by atoms with Crippen LogP contribution in [0.3, 0.4) is 0 Å². The van der Waals surface area contributed by atoms with E-state index in [0.717, 1.165) is 25.9 Å². The lowest BCUT2D eigenvalue weighted by atomic mass is 10.2. The number of aromatic nitrogens is 2. The summed E-state index contributed by atoms with van der Waals surface area (Å²) in [4.78, 5) is 33.7. The van der Waals surface area contributed by atoms with Crippen LogP contribution >= 0.6 is 22.9 Å². The van der Waals surface area contributed by atoms with Crippen molar-refractivity contribution < 1.29 is 9.21 Å². The third-order valence-electron chi connectivity index (χ3n) is 5.51. The first-order valence-corrected chi connectivity index (χ1v) is 10.9. The van der Waals surface area contributed by atoms with Crippen LogP contribution in [0, 0.1) is 6.92 Å². The van der Waals surface area contributed by atoms with Crippen LogP contribution in [-0.4, -0.2) is 46.5 Å². The lowest BCUT2D eigenvalue weighted by molar-refractivity contribution is -0.132. The Morgan fingerprint density at radius 3 is 2.73 bits per heavy atom. The quantitative estimate of drug-likeness (QED) is 0.485. The maximum Gasteiger partial charge on any atom is 0.420 e. The molecule has 9 heteroatoms. The van der Waals surface area contributed by atoms with Crippen molar-refractivity contribution in [2.45, 2.75) is 13.5 Å². The number of thiazole rings is 1. The van der Waals surface area contributed by atoms with Crippen molar-refractivity contribution in [3.05, 3.63) is 57.5 Å². The molecule has 5 rings (SSSR count). The molecule has 0 spiro atoms. The van der Waals surface area contributed by atoms with Crippen molar-refractivity contribution in [2.75, 3.05) is 31.1 Å². The monoisotopic (exact) mass is 442 g/mol. The maximum atomic E-state index is 12.8. The Morgan fingerprint density at radius 1 is 1.17 bits per heavy atom. The van der Waals surface area contributed by atoms with Crippen LogP contribution < -0.4 is 10.7 Å². The molecule has 2 aromatic carbocycles. The van der Waals surface area contributed by atoms with Gasteiger partial charge in [-0.15, -0.1) is 0 Å². The molecule has 1 saturated heterocycles. The lowest BCUT2D eigenvalue weighted by Crippen LogP contribution is -2.50. The molecule has 0 saturated carbocycles. The molecule has 0 aliphatic carbocycles. The number of aryl methyl sites for hydroxylation is 1. The standard InChI is InChI=1S/C21H19ClN4O3S/c1-13-14(22)6-7-17-19(13)23-20(30-17)25-10-8-24(9-11-25)18(27)12-26-15-4-2-3-5-16(15)29-21(26)28/h2-7H,8-12H2,1H3. The first kappa shape index (κ1) is 19.1. The Kier molecular flexibility index (Phi) is 4.75. The van der Waals surface area contributed by atoms with Crippen molar-refractivity contribution in [3.63, 3.8) is 0 Å². The normalized spacial score (nSPS) is 14.7. The number of hydrogen-bond donors (Lipinski definition) is 0. The number of para-hydroxylation sites is 2. The number of anilines is 1. The van der Waals surface area contributed by atoms with Gasteiger partial charge in [0.2, 0.25) is 5.91 Å². The summed E-state index contributed by atoms with van der Waals surface area (Å²) in [6, 6.07) is 11.0. The molecule has 0 bridgehead atoms. The topological polar surface area (TPSA) is 71.6 Å². The minimum Gasteiger partial charge on any atom is -0.408 e. The van der Waals surface area contributed by atoms with E-state index in [1.807, 2.05) is 25.1 Å². The average Bonchev–Trinajstić information content (AvgIpc) is 3.33. The van der Waals surface area contributed by atoms with Crippen molar-refractivity contribution in [3.8, 4) is 0 Å². The molecule has 7 nitrogen and oxygen atoms in total. The molecular weight excluding hydrogens is 424 g/mol. The second kappa shape index (κ2) is 7.45. The number of piperazine rings is 1. The highest BCUT2D eigenvalue weighted by Crippen LogP contribution is 2.33. The second-order valence-corrected chi connectivity index (χ2v) is 8.72. The number of oxazole rings is 1. The Morgan fingerprint density at radius 2 is 1.93 bits per heavy atom. The fourth-order valence-electron chi connectivity index (χ4n) is 3.77. The van der Waals surface area contributed by atoms with Gasteiger partial charge in [-0.25, -0.2) is 9.78 Å². The summed E-state index contributed by atoms with van der Waals surface area (Å²) in [7, 11) is 0. The van der Waals surface area contributed by atoms with Gasteiger partial charge in [0, 0.05) is 31.2 Å². The van der Waals surface area contributed by atoms with Gasteiger partial charge in [0.1, 0.15) is 6.54 Å². The molecule has 1 aliphatic rings. The fourth-order valence-corrected chi connectivity index (χ4v) is 5.00. The number of rotatable bonds is 3.